The molecular formula is C14H11BrF2O2. The maximum atomic E-state index is 13.4. The third-order valence-corrected chi connectivity index (χ3v) is 3.03. The molecule has 0 atom stereocenters. The minimum absolute atomic E-state index is 0.0144. The summed E-state index contributed by atoms with van der Waals surface area (Å²) in [6.07, 6.45) is 0. The number of hydrogen-bond acceptors (Lipinski definition) is 2. The van der Waals surface area contributed by atoms with Crippen LogP contribution >= 0.6 is 15.9 Å². The van der Waals surface area contributed by atoms with Gasteiger partial charge in [-0.2, -0.15) is 0 Å². The number of benzene rings is 2. The number of hydrogen-bond donors (Lipinski definition) is 0. The summed E-state index contributed by atoms with van der Waals surface area (Å²) in [5, 5.41) is 0. The fourth-order valence-electron chi connectivity index (χ4n) is 1.63. The van der Waals surface area contributed by atoms with Crippen LogP contribution in [0.3, 0.4) is 0 Å². The lowest BCUT2D eigenvalue weighted by atomic mass is 10.2. The second kappa shape index (κ2) is 6.02. The van der Waals surface area contributed by atoms with Crippen LogP contribution in [0.2, 0.25) is 0 Å². The van der Waals surface area contributed by atoms with Crippen molar-refractivity contribution in [3.05, 3.63) is 58.1 Å². The highest BCUT2D eigenvalue weighted by molar-refractivity contribution is 9.10. The van der Waals surface area contributed by atoms with Gasteiger partial charge in [0.15, 0.2) is 17.4 Å². The topological polar surface area (TPSA) is 18.5 Å². The van der Waals surface area contributed by atoms with Crippen LogP contribution in [0.15, 0.2) is 40.9 Å². The molecule has 0 aliphatic carbocycles. The molecule has 0 radical (unpaired) electrons. The van der Waals surface area contributed by atoms with Gasteiger partial charge in [0.05, 0.1) is 7.11 Å². The number of methoxy groups -OCH3 is 1. The van der Waals surface area contributed by atoms with E-state index in [1.807, 2.05) is 6.07 Å². The molecule has 19 heavy (non-hydrogen) atoms. The van der Waals surface area contributed by atoms with Crippen LogP contribution in [-0.4, -0.2) is 7.11 Å². The van der Waals surface area contributed by atoms with E-state index in [0.29, 0.717) is 11.3 Å². The second-order valence-corrected chi connectivity index (χ2v) is 4.71. The van der Waals surface area contributed by atoms with Gasteiger partial charge in [0.1, 0.15) is 12.4 Å². The highest BCUT2D eigenvalue weighted by atomic mass is 79.9. The first-order chi connectivity index (χ1) is 9.11. The standard InChI is InChI=1S/C14H11BrF2O2/c1-18-13-6-5-10(15)7-9(13)8-19-14-11(16)3-2-4-12(14)17/h2-7H,8H2,1H3. The average molecular weight is 329 g/mol. The van der Waals surface area contributed by atoms with Crippen LogP contribution in [0.4, 0.5) is 8.78 Å². The molecule has 0 fully saturated rings. The Labute approximate surface area is 118 Å². The van der Waals surface area contributed by atoms with Gasteiger partial charge in [0.2, 0.25) is 0 Å². The van der Waals surface area contributed by atoms with Crippen LogP contribution in [0.25, 0.3) is 0 Å². The van der Waals surface area contributed by atoms with Gasteiger partial charge in [-0.3, -0.25) is 0 Å². The summed E-state index contributed by atoms with van der Waals surface area (Å²) in [5.41, 5.74) is 0.694. The molecule has 0 aromatic heterocycles. The molecule has 0 heterocycles. The Balaban J connectivity index is 2.21. The van der Waals surface area contributed by atoms with Crippen molar-refractivity contribution >= 4 is 15.9 Å². The quantitative estimate of drug-likeness (QED) is 0.832. The van der Waals surface area contributed by atoms with Crippen molar-refractivity contribution in [2.45, 2.75) is 6.61 Å². The minimum Gasteiger partial charge on any atom is -0.496 e. The summed E-state index contributed by atoms with van der Waals surface area (Å²) in [7, 11) is 1.52. The monoisotopic (exact) mass is 328 g/mol. The van der Waals surface area contributed by atoms with E-state index in [0.717, 1.165) is 16.6 Å². The van der Waals surface area contributed by atoms with Gasteiger partial charge in [-0.25, -0.2) is 8.78 Å². The molecule has 5 heteroatoms. The van der Waals surface area contributed by atoms with Crippen LogP contribution < -0.4 is 9.47 Å². The molecule has 2 aromatic carbocycles. The van der Waals surface area contributed by atoms with E-state index in [1.165, 1.54) is 13.2 Å². The van der Waals surface area contributed by atoms with Crippen LogP contribution in [0.1, 0.15) is 5.56 Å². The SMILES string of the molecule is COc1ccc(Br)cc1COc1c(F)cccc1F. The van der Waals surface area contributed by atoms with Crippen LogP contribution in [0.5, 0.6) is 11.5 Å². The molecular weight excluding hydrogens is 318 g/mol. The third kappa shape index (κ3) is 3.23. The summed E-state index contributed by atoms with van der Waals surface area (Å²) in [6.45, 7) is 0.0144. The fourth-order valence-corrected chi connectivity index (χ4v) is 2.04. The normalized spacial score (nSPS) is 10.3. The molecule has 0 aliphatic rings. The lowest BCUT2D eigenvalue weighted by Crippen LogP contribution is -2.01. The summed E-state index contributed by atoms with van der Waals surface area (Å²) < 4.78 is 38.0. The highest BCUT2D eigenvalue weighted by Crippen LogP contribution is 2.26. The molecule has 0 spiro atoms. The highest BCUT2D eigenvalue weighted by Gasteiger charge is 2.11. The van der Waals surface area contributed by atoms with E-state index in [1.54, 1.807) is 12.1 Å². The van der Waals surface area contributed by atoms with Gasteiger partial charge < -0.3 is 9.47 Å². The van der Waals surface area contributed by atoms with Crippen molar-refractivity contribution in [3.8, 4) is 11.5 Å². The number of ether oxygens (including phenoxy) is 2. The molecule has 2 rings (SSSR count). The molecule has 2 aromatic rings. The van der Waals surface area contributed by atoms with Gasteiger partial charge in [0.25, 0.3) is 0 Å². The minimum atomic E-state index is -0.728. The van der Waals surface area contributed by atoms with Gasteiger partial charge in [-0.05, 0) is 30.3 Å². The zero-order valence-corrected chi connectivity index (χ0v) is 11.7. The van der Waals surface area contributed by atoms with E-state index >= 15 is 0 Å². The van der Waals surface area contributed by atoms with Crippen molar-refractivity contribution < 1.29 is 18.3 Å². The van der Waals surface area contributed by atoms with Gasteiger partial charge in [0, 0.05) is 10.0 Å². The maximum absolute atomic E-state index is 13.4. The van der Waals surface area contributed by atoms with Crippen LogP contribution in [-0.2, 0) is 6.61 Å². The zero-order valence-electron chi connectivity index (χ0n) is 10.1. The Morgan fingerprint density at radius 3 is 2.42 bits per heavy atom. The second-order valence-electron chi connectivity index (χ2n) is 3.80. The lowest BCUT2D eigenvalue weighted by molar-refractivity contribution is 0.268. The predicted octanol–water partition coefficient (Wildman–Crippen LogP) is 4.31. The van der Waals surface area contributed by atoms with E-state index in [-0.39, 0.29) is 12.4 Å². The van der Waals surface area contributed by atoms with Gasteiger partial charge in [-0.15, -0.1) is 0 Å². The molecule has 0 bridgehead atoms. The maximum Gasteiger partial charge on any atom is 0.191 e. The largest absolute Gasteiger partial charge is 0.496 e. The smallest absolute Gasteiger partial charge is 0.191 e. The fraction of sp³-hybridized carbons (Fsp3) is 0.143. The van der Waals surface area contributed by atoms with Crippen molar-refractivity contribution in [1.82, 2.24) is 0 Å². The van der Waals surface area contributed by atoms with E-state index < -0.39 is 11.6 Å². The van der Waals surface area contributed by atoms with Crippen molar-refractivity contribution in [3.63, 3.8) is 0 Å². The first-order valence-electron chi connectivity index (χ1n) is 5.51. The first-order valence-corrected chi connectivity index (χ1v) is 6.30. The Morgan fingerprint density at radius 2 is 1.79 bits per heavy atom. The van der Waals surface area contributed by atoms with Crippen molar-refractivity contribution in [2.24, 2.45) is 0 Å². The zero-order chi connectivity index (χ0) is 13.8. The number of rotatable bonds is 4. The summed E-state index contributed by atoms with van der Waals surface area (Å²) in [6, 6.07) is 8.93. The van der Waals surface area contributed by atoms with Crippen molar-refractivity contribution in [2.75, 3.05) is 7.11 Å². The molecule has 0 amide bonds. The molecule has 0 saturated heterocycles. The summed E-state index contributed by atoms with van der Waals surface area (Å²) in [5.74, 6) is -1.24. The van der Waals surface area contributed by atoms with Gasteiger partial charge >= 0.3 is 0 Å². The molecule has 100 valence electrons. The molecule has 0 saturated carbocycles. The third-order valence-electron chi connectivity index (χ3n) is 2.53. The lowest BCUT2D eigenvalue weighted by Gasteiger charge is -2.11. The Hall–Kier alpha value is -1.62. The van der Waals surface area contributed by atoms with E-state index in [4.69, 9.17) is 9.47 Å². The Kier molecular flexibility index (Phi) is 4.37. The number of halogens is 3. The molecule has 0 N–H and O–H groups in total. The summed E-state index contributed by atoms with van der Waals surface area (Å²) >= 11 is 3.32. The van der Waals surface area contributed by atoms with Crippen LogP contribution in [0, 0.1) is 11.6 Å². The summed E-state index contributed by atoms with van der Waals surface area (Å²) in [4.78, 5) is 0. The average Bonchev–Trinajstić information content (AvgIpc) is 2.38. The van der Waals surface area contributed by atoms with E-state index in [9.17, 15) is 8.78 Å². The predicted molar refractivity (Wildman–Crippen MR) is 71.4 cm³/mol. The van der Waals surface area contributed by atoms with E-state index in [2.05, 4.69) is 15.9 Å². The first kappa shape index (κ1) is 13.8. The Bertz CT molecular complexity index is 567. The Morgan fingerprint density at radius 1 is 1.11 bits per heavy atom. The molecule has 0 aliphatic heterocycles. The molecule has 0 unspecified atom stereocenters. The van der Waals surface area contributed by atoms with Gasteiger partial charge in [-0.1, -0.05) is 22.0 Å². The number of para-hydroxylation sites is 1. The molecule has 2 nitrogen and oxygen atoms in total. The van der Waals surface area contributed by atoms with Crippen molar-refractivity contribution in [1.29, 1.82) is 0 Å².